The highest BCUT2D eigenvalue weighted by Gasteiger charge is 2.16. The van der Waals surface area contributed by atoms with E-state index in [9.17, 15) is 4.79 Å². The third kappa shape index (κ3) is 3.86. The van der Waals surface area contributed by atoms with E-state index in [0.29, 0.717) is 34.0 Å². The van der Waals surface area contributed by atoms with Gasteiger partial charge in [0.1, 0.15) is 5.65 Å². The predicted molar refractivity (Wildman–Crippen MR) is 118 cm³/mol. The minimum absolute atomic E-state index is 0.165. The smallest absolute Gasteiger partial charge is 0.268 e. The van der Waals surface area contributed by atoms with E-state index in [1.807, 2.05) is 30.5 Å². The Labute approximate surface area is 179 Å². The van der Waals surface area contributed by atoms with Crippen LogP contribution in [0.25, 0.3) is 22.4 Å². The number of benzene rings is 1. The monoisotopic (exact) mass is 470 g/mol. The van der Waals surface area contributed by atoms with Gasteiger partial charge in [0.25, 0.3) is 5.95 Å². The van der Waals surface area contributed by atoms with Crippen LogP contribution >= 0.6 is 27.5 Å². The molecular formula is C20H16BrClN6O. The van der Waals surface area contributed by atoms with Crippen molar-refractivity contribution in [3.63, 3.8) is 0 Å². The molecule has 7 nitrogen and oxygen atoms in total. The van der Waals surface area contributed by atoms with Crippen molar-refractivity contribution >= 4 is 50.7 Å². The van der Waals surface area contributed by atoms with E-state index < -0.39 is 0 Å². The maximum Gasteiger partial charge on any atom is 0.268 e. The average Bonchev–Trinajstić information content (AvgIpc) is 3.18. The zero-order valence-electron chi connectivity index (χ0n) is 15.6. The fourth-order valence-electron chi connectivity index (χ4n) is 2.90. The maximum absolute atomic E-state index is 13.1. The van der Waals surface area contributed by atoms with Crippen LogP contribution in [0, 0.1) is 6.92 Å². The second-order valence-electron chi connectivity index (χ2n) is 6.38. The number of H-pyrrole nitrogens is 1. The number of aliphatic imine (C=N–C) groups is 1. The fourth-order valence-corrected chi connectivity index (χ4v) is 3.34. The molecule has 9 heteroatoms. The number of aryl methyl sites for hydroxylation is 2. The fraction of sp³-hybridized carbons (Fsp3) is 0.150. The topological polar surface area (TPSA) is 88.8 Å². The van der Waals surface area contributed by atoms with E-state index >= 15 is 0 Å². The van der Waals surface area contributed by atoms with E-state index in [1.165, 1.54) is 0 Å². The molecule has 4 rings (SSSR count). The van der Waals surface area contributed by atoms with Gasteiger partial charge in [-0.05, 0) is 53.5 Å². The second kappa shape index (κ2) is 7.88. The van der Waals surface area contributed by atoms with Gasteiger partial charge in [0.15, 0.2) is 5.82 Å². The summed E-state index contributed by atoms with van der Waals surface area (Å²) in [5.41, 5.74) is 2.58. The summed E-state index contributed by atoms with van der Waals surface area (Å²) in [5.74, 6) is 0.597. The van der Waals surface area contributed by atoms with Gasteiger partial charge in [-0.2, -0.15) is 4.98 Å². The molecule has 0 aliphatic heterocycles. The summed E-state index contributed by atoms with van der Waals surface area (Å²) >= 11 is 9.34. The van der Waals surface area contributed by atoms with E-state index in [0.717, 1.165) is 15.7 Å². The largest absolute Gasteiger partial charge is 0.332 e. The van der Waals surface area contributed by atoms with Crippen LogP contribution in [0.15, 0.2) is 50.8 Å². The number of hydrogen-bond donors (Lipinski definition) is 1. The van der Waals surface area contributed by atoms with Crippen molar-refractivity contribution in [1.82, 2.24) is 24.7 Å². The minimum atomic E-state index is -0.165. The molecule has 0 spiro atoms. The number of hydrogen-bond acceptors (Lipinski definition) is 5. The SMILES string of the molecule is CCn1cc(-c2nc(N=Cc3ccc(Cl)cc3)n[nH]2)c(=O)c2cc(Br)c(C)nc21. The maximum atomic E-state index is 13.1. The number of aromatic amines is 1. The van der Waals surface area contributed by atoms with Crippen molar-refractivity contribution in [3.8, 4) is 11.4 Å². The summed E-state index contributed by atoms with van der Waals surface area (Å²) in [4.78, 5) is 26.2. The summed E-state index contributed by atoms with van der Waals surface area (Å²) in [5, 5.41) is 8.08. The molecule has 0 aliphatic carbocycles. The average molecular weight is 472 g/mol. The number of nitrogens with one attached hydrogen (secondary N) is 1. The first-order valence-electron chi connectivity index (χ1n) is 8.89. The first-order valence-corrected chi connectivity index (χ1v) is 10.1. The summed E-state index contributed by atoms with van der Waals surface area (Å²) in [6.45, 7) is 4.55. The summed E-state index contributed by atoms with van der Waals surface area (Å²) in [7, 11) is 0. The molecule has 29 heavy (non-hydrogen) atoms. The third-order valence-corrected chi connectivity index (χ3v) is 5.50. The highest BCUT2D eigenvalue weighted by molar-refractivity contribution is 9.10. The van der Waals surface area contributed by atoms with Crippen LogP contribution < -0.4 is 5.43 Å². The van der Waals surface area contributed by atoms with Gasteiger partial charge in [-0.25, -0.2) is 9.98 Å². The first kappa shape index (κ1) is 19.5. The van der Waals surface area contributed by atoms with E-state index in [1.54, 1.807) is 30.6 Å². The van der Waals surface area contributed by atoms with Crippen LogP contribution in [0.4, 0.5) is 5.95 Å². The van der Waals surface area contributed by atoms with Gasteiger partial charge in [-0.3, -0.25) is 9.89 Å². The van der Waals surface area contributed by atoms with Crippen LogP contribution in [0.5, 0.6) is 0 Å². The van der Waals surface area contributed by atoms with Crippen LogP contribution in [0.3, 0.4) is 0 Å². The molecule has 3 aromatic heterocycles. The van der Waals surface area contributed by atoms with E-state index in [-0.39, 0.29) is 11.4 Å². The van der Waals surface area contributed by atoms with Crippen LogP contribution in [-0.2, 0) is 6.54 Å². The highest BCUT2D eigenvalue weighted by atomic mass is 79.9. The molecular weight excluding hydrogens is 456 g/mol. The van der Waals surface area contributed by atoms with E-state index in [4.69, 9.17) is 11.6 Å². The van der Waals surface area contributed by atoms with Gasteiger partial charge in [0.2, 0.25) is 5.43 Å². The molecule has 146 valence electrons. The molecule has 0 saturated heterocycles. The van der Waals surface area contributed by atoms with Crippen LogP contribution in [-0.4, -0.2) is 30.9 Å². The van der Waals surface area contributed by atoms with Gasteiger partial charge in [0.05, 0.1) is 16.6 Å². The van der Waals surface area contributed by atoms with Gasteiger partial charge in [-0.1, -0.05) is 23.7 Å². The number of fused-ring (bicyclic) bond motifs is 1. The Morgan fingerprint density at radius 1 is 1.28 bits per heavy atom. The molecule has 0 fully saturated rings. The molecule has 0 amide bonds. The lowest BCUT2D eigenvalue weighted by atomic mass is 10.1. The summed E-state index contributed by atoms with van der Waals surface area (Å²) in [6.07, 6.45) is 3.38. The normalized spacial score (nSPS) is 11.6. The Morgan fingerprint density at radius 2 is 2.03 bits per heavy atom. The predicted octanol–water partition coefficient (Wildman–Crippen LogP) is 4.68. The molecule has 0 bridgehead atoms. The van der Waals surface area contributed by atoms with Crippen LogP contribution in [0.1, 0.15) is 18.2 Å². The van der Waals surface area contributed by atoms with Crippen molar-refractivity contribution in [1.29, 1.82) is 0 Å². The quantitative estimate of drug-likeness (QED) is 0.438. The lowest BCUT2D eigenvalue weighted by Crippen LogP contribution is -2.14. The molecule has 0 saturated carbocycles. The molecule has 0 aliphatic rings. The number of pyridine rings is 2. The Hall–Kier alpha value is -2.84. The van der Waals surface area contributed by atoms with Crippen molar-refractivity contribution < 1.29 is 0 Å². The van der Waals surface area contributed by atoms with Gasteiger partial charge < -0.3 is 4.57 Å². The molecule has 0 atom stereocenters. The second-order valence-corrected chi connectivity index (χ2v) is 7.67. The molecule has 4 aromatic rings. The summed E-state index contributed by atoms with van der Waals surface area (Å²) < 4.78 is 2.71. The molecule has 1 N–H and O–H groups in total. The number of halogens is 2. The van der Waals surface area contributed by atoms with Gasteiger partial charge in [0, 0.05) is 28.5 Å². The Balaban J connectivity index is 1.75. The Morgan fingerprint density at radius 3 is 2.76 bits per heavy atom. The van der Waals surface area contributed by atoms with Crippen LogP contribution in [0.2, 0.25) is 5.02 Å². The lowest BCUT2D eigenvalue weighted by Gasteiger charge is -2.11. The lowest BCUT2D eigenvalue weighted by molar-refractivity contribution is 0.775. The highest BCUT2D eigenvalue weighted by Crippen LogP contribution is 2.22. The van der Waals surface area contributed by atoms with Gasteiger partial charge in [-0.15, -0.1) is 5.10 Å². The zero-order valence-corrected chi connectivity index (χ0v) is 18.0. The Kier molecular flexibility index (Phi) is 5.29. The molecule has 1 aromatic carbocycles. The molecule has 0 radical (unpaired) electrons. The Bertz CT molecular complexity index is 1290. The molecule has 3 heterocycles. The number of nitrogens with zero attached hydrogens (tertiary/aromatic N) is 5. The third-order valence-electron chi connectivity index (χ3n) is 4.45. The molecule has 0 unspecified atom stereocenters. The standard InChI is InChI=1S/C20H16BrClN6O/c1-3-28-10-15(17(29)14-8-16(21)11(2)24-19(14)28)18-25-20(27-26-18)23-9-12-4-6-13(22)7-5-12/h4-10H,3H2,1-2H3,(H,25,26,27). The number of rotatable bonds is 4. The number of aromatic nitrogens is 5. The van der Waals surface area contributed by atoms with Gasteiger partial charge >= 0.3 is 0 Å². The summed E-state index contributed by atoms with van der Waals surface area (Å²) in [6, 6.07) is 9.04. The van der Waals surface area contributed by atoms with E-state index in [2.05, 4.69) is 41.1 Å². The minimum Gasteiger partial charge on any atom is -0.332 e. The van der Waals surface area contributed by atoms with Crippen molar-refractivity contribution in [2.45, 2.75) is 20.4 Å². The van der Waals surface area contributed by atoms with Crippen molar-refractivity contribution in [2.75, 3.05) is 0 Å². The van der Waals surface area contributed by atoms with Crippen molar-refractivity contribution in [2.24, 2.45) is 4.99 Å². The first-order chi connectivity index (χ1) is 14.0. The van der Waals surface area contributed by atoms with Crippen molar-refractivity contribution in [3.05, 3.63) is 67.5 Å². The zero-order chi connectivity index (χ0) is 20.5.